The Morgan fingerprint density at radius 2 is 2.20 bits per heavy atom. The van der Waals surface area contributed by atoms with Crippen LogP contribution in [0.5, 0.6) is 0 Å². The van der Waals surface area contributed by atoms with Gasteiger partial charge in [0.2, 0.25) is 0 Å². The number of benzene rings is 1. The van der Waals surface area contributed by atoms with Crippen molar-refractivity contribution in [3.63, 3.8) is 0 Å². The van der Waals surface area contributed by atoms with Gasteiger partial charge in [0, 0.05) is 5.56 Å². The van der Waals surface area contributed by atoms with Crippen molar-refractivity contribution in [3.05, 3.63) is 35.6 Å². The number of halogens is 1. The van der Waals surface area contributed by atoms with Crippen LogP contribution in [0.1, 0.15) is 31.7 Å². The van der Waals surface area contributed by atoms with E-state index < -0.39 is 5.41 Å². The van der Waals surface area contributed by atoms with E-state index in [0.29, 0.717) is 5.56 Å². The number of nitrogens with zero attached hydrogens (tertiary/aromatic N) is 1. The molecular weight excluding hydrogens is 189 g/mol. The van der Waals surface area contributed by atoms with E-state index in [-0.39, 0.29) is 11.7 Å². The topological polar surface area (TPSA) is 23.8 Å². The number of hydrogen-bond acceptors (Lipinski definition) is 1. The summed E-state index contributed by atoms with van der Waals surface area (Å²) in [6.07, 6.45) is 2.82. The van der Waals surface area contributed by atoms with E-state index >= 15 is 0 Å². The largest absolute Gasteiger partial charge is 0.207 e. The first-order valence-corrected chi connectivity index (χ1v) is 5.37. The summed E-state index contributed by atoms with van der Waals surface area (Å²) in [5.74, 6) is 0.00667. The number of rotatable bonds is 1. The molecule has 0 aliphatic heterocycles. The van der Waals surface area contributed by atoms with E-state index in [4.69, 9.17) is 0 Å². The fraction of sp³-hybridized carbons (Fsp3) is 0.462. The SMILES string of the molecule is CC1CCCC1(C#N)c1ccccc1F. The molecule has 1 aliphatic carbocycles. The second kappa shape index (κ2) is 3.66. The van der Waals surface area contributed by atoms with Crippen LogP contribution in [0.15, 0.2) is 24.3 Å². The van der Waals surface area contributed by atoms with E-state index in [1.54, 1.807) is 12.1 Å². The minimum Gasteiger partial charge on any atom is -0.207 e. The highest BCUT2D eigenvalue weighted by Gasteiger charge is 2.43. The van der Waals surface area contributed by atoms with Gasteiger partial charge in [0.1, 0.15) is 5.82 Å². The van der Waals surface area contributed by atoms with E-state index in [1.807, 2.05) is 13.0 Å². The summed E-state index contributed by atoms with van der Waals surface area (Å²) >= 11 is 0. The molecule has 1 aromatic carbocycles. The molecule has 78 valence electrons. The van der Waals surface area contributed by atoms with Crippen LogP contribution in [0.3, 0.4) is 0 Å². The summed E-state index contributed by atoms with van der Waals surface area (Å²) in [6, 6.07) is 9.02. The second-order valence-corrected chi connectivity index (χ2v) is 4.36. The summed E-state index contributed by atoms with van der Waals surface area (Å²) in [6.45, 7) is 2.04. The molecule has 0 amide bonds. The van der Waals surface area contributed by atoms with Gasteiger partial charge in [0.15, 0.2) is 0 Å². The first-order valence-electron chi connectivity index (χ1n) is 5.37. The van der Waals surface area contributed by atoms with Gasteiger partial charge in [-0.05, 0) is 24.8 Å². The standard InChI is InChI=1S/C13H14FN/c1-10-5-4-8-13(10,9-15)11-6-2-3-7-12(11)14/h2-3,6-7,10H,4-5,8H2,1H3. The Labute approximate surface area is 89.5 Å². The van der Waals surface area contributed by atoms with Crippen molar-refractivity contribution < 1.29 is 4.39 Å². The van der Waals surface area contributed by atoms with Crippen LogP contribution in [-0.2, 0) is 5.41 Å². The molecule has 0 bridgehead atoms. The Hall–Kier alpha value is -1.36. The van der Waals surface area contributed by atoms with Crippen LogP contribution >= 0.6 is 0 Å². The quantitative estimate of drug-likeness (QED) is 0.686. The lowest BCUT2D eigenvalue weighted by Crippen LogP contribution is -2.28. The lowest BCUT2D eigenvalue weighted by molar-refractivity contribution is 0.411. The number of hydrogen-bond donors (Lipinski definition) is 0. The van der Waals surface area contributed by atoms with Crippen molar-refractivity contribution in [1.82, 2.24) is 0 Å². The van der Waals surface area contributed by atoms with Gasteiger partial charge in [-0.15, -0.1) is 0 Å². The molecule has 0 N–H and O–H groups in total. The molecule has 1 aliphatic rings. The van der Waals surface area contributed by atoms with Gasteiger partial charge < -0.3 is 0 Å². The Kier molecular flexibility index (Phi) is 2.48. The minimum atomic E-state index is -0.592. The average Bonchev–Trinajstić information content (AvgIpc) is 2.61. The van der Waals surface area contributed by atoms with Crippen LogP contribution < -0.4 is 0 Å². The molecule has 2 unspecified atom stereocenters. The van der Waals surface area contributed by atoms with E-state index in [9.17, 15) is 9.65 Å². The molecule has 15 heavy (non-hydrogen) atoms. The van der Waals surface area contributed by atoms with E-state index in [1.165, 1.54) is 6.07 Å². The molecule has 0 aromatic heterocycles. The molecule has 0 radical (unpaired) electrons. The lowest BCUT2D eigenvalue weighted by Gasteiger charge is -2.26. The monoisotopic (exact) mass is 203 g/mol. The van der Waals surface area contributed by atoms with Gasteiger partial charge in [-0.1, -0.05) is 31.5 Å². The molecule has 2 atom stereocenters. The highest BCUT2D eigenvalue weighted by atomic mass is 19.1. The van der Waals surface area contributed by atoms with Gasteiger partial charge in [-0.3, -0.25) is 0 Å². The third-order valence-electron chi connectivity index (χ3n) is 3.60. The fourth-order valence-electron chi connectivity index (χ4n) is 2.63. The molecule has 0 heterocycles. The number of nitriles is 1. The molecule has 0 saturated heterocycles. The molecule has 1 nitrogen and oxygen atoms in total. The third kappa shape index (κ3) is 1.43. The van der Waals surface area contributed by atoms with Crippen molar-refractivity contribution in [1.29, 1.82) is 5.26 Å². The molecule has 1 aromatic rings. The lowest BCUT2D eigenvalue weighted by atomic mass is 9.74. The summed E-state index contributed by atoms with van der Waals surface area (Å²) in [5, 5.41) is 9.35. The van der Waals surface area contributed by atoms with Crippen molar-refractivity contribution >= 4 is 0 Å². The highest BCUT2D eigenvalue weighted by molar-refractivity contribution is 5.35. The molecule has 0 spiro atoms. The van der Waals surface area contributed by atoms with Gasteiger partial charge in [0.25, 0.3) is 0 Å². The second-order valence-electron chi connectivity index (χ2n) is 4.36. The van der Waals surface area contributed by atoms with E-state index in [2.05, 4.69) is 6.07 Å². The van der Waals surface area contributed by atoms with Crippen molar-refractivity contribution in [2.75, 3.05) is 0 Å². The fourth-order valence-corrected chi connectivity index (χ4v) is 2.63. The van der Waals surface area contributed by atoms with Crippen molar-refractivity contribution in [2.24, 2.45) is 5.92 Å². The predicted molar refractivity (Wildman–Crippen MR) is 56.7 cm³/mol. The summed E-state index contributed by atoms with van der Waals surface area (Å²) < 4.78 is 13.7. The molecular formula is C13H14FN. The average molecular weight is 203 g/mol. The van der Waals surface area contributed by atoms with Crippen molar-refractivity contribution in [2.45, 2.75) is 31.6 Å². The van der Waals surface area contributed by atoms with Gasteiger partial charge in [-0.25, -0.2) is 4.39 Å². The highest BCUT2D eigenvalue weighted by Crippen LogP contribution is 2.45. The Morgan fingerprint density at radius 1 is 1.47 bits per heavy atom. The summed E-state index contributed by atoms with van der Waals surface area (Å²) in [4.78, 5) is 0. The van der Waals surface area contributed by atoms with Crippen LogP contribution in [-0.4, -0.2) is 0 Å². The Balaban J connectivity index is 2.53. The normalized spacial score (nSPS) is 30.1. The van der Waals surface area contributed by atoms with Gasteiger partial charge >= 0.3 is 0 Å². The summed E-state index contributed by atoms with van der Waals surface area (Å²) in [7, 11) is 0. The first kappa shape index (κ1) is 10.2. The molecule has 1 saturated carbocycles. The third-order valence-corrected chi connectivity index (χ3v) is 3.60. The Morgan fingerprint density at radius 3 is 2.73 bits per heavy atom. The van der Waals surface area contributed by atoms with Crippen LogP contribution in [0.4, 0.5) is 4.39 Å². The molecule has 2 rings (SSSR count). The maximum atomic E-state index is 13.7. The zero-order valence-corrected chi connectivity index (χ0v) is 8.83. The predicted octanol–water partition coefficient (Wildman–Crippen LogP) is 3.41. The van der Waals surface area contributed by atoms with Gasteiger partial charge in [-0.2, -0.15) is 5.26 Å². The van der Waals surface area contributed by atoms with Gasteiger partial charge in [0.05, 0.1) is 11.5 Å². The Bertz CT molecular complexity index is 407. The summed E-state index contributed by atoms with van der Waals surface area (Å²) in [5.41, 5.74) is -0.0109. The van der Waals surface area contributed by atoms with Crippen LogP contribution in [0.2, 0.25) is 0 Å². The van der Waals surface area contributed by atoms with E-state index in [0.717, 1.165) is 19.3 Å². The molecule has 2 heteroatoms. The smallest absolute Gasteiger partial charge is 0.128 e. The van der Waals surface area contributed by atoms with Crippen LogP contribution in [0, 0.1) is 23.1 Å². The maximum absolute atomic E-state index is 13.7. The van der Waals surface area contributed by atoms with Crippen LogP contribution in [0.25, 0.3) is 0 Å². The molecule has 1 fully saturated rings. The van der Waals surface area contributed by atoms with Crippen molar-refractivity contribution in [3.8, 4) is 6.07 Å². The first-order chi connectivity index (χ1) is 7.20. The zero-order chi connectivity index (χ0) is 10.9. The zero-order valence-electron chi connectivity index (χ0n) is 8.83. The maximum Gasteiger partial charge on any atom is 0.128 e. The minimum absolute atomic E-state index is 0.243.